The standard InChI is InChI=1S/C11H22N2O4/c1-5-9(2)13(6-7-17-4)11(16)12(3)8-10(14)15/h9H,5-8H2,1-4H3,(H,14,15). The highest BCUT2D eigenvalue weighted by Crippen LogP contribution is 2.06. The molecule has 0 fully saturated rings. The van der Waals surface area contributed by atoms with E-state index in [1.807, 2.05) is 13.8 Å². The maximum absolute atomic E-state index is 12.0. The molecule has 0 heterocycles. The van der Waals surface area contributed by atoms with Gasteiger partial charge in [-0.15, -0.1) is 0 Å². The fourth-order valence-corrected chi connectivity index (χ4v) is 1.40. The largest absolute Gasteiger partial charge is 0.480 e. The fourth-order valence-electron chi connectivity index (χ4n) is 1.40. The smallest absolute Gasteiger partial charge is 0.323 e. The highest BCUT2D eigenvalue weighted by Gasteiger charge is 2.22. The van der Waals surface area contributed by atoms with E-state index in [0.29, 0.717) is 13.2 Å². The Labute approximate surface area is 102 Å². The first-order chi connectivity index (χ1) is 7.93. The number of carboxylic acids is 1. The van der Waals surface area contributed by atoms with Gasteiger partial charge < -0.3 is 19.6 Å². The number of carbonyl (C=O) groups excluding carboxylic acids is 1. The molecule has 6 nitrogen and oxygen atoms in total. The summed E-state index contributed by atoms with van der Waals surface area (Å²) in [4.78, 5) is 25.4. The molecule has 0 aliphatic carbocycles. The fraction of sp³-hybridized carbons (Fsp3) is 0.818. The Bertz CT molecular complexity index is 258. The van der Waals surface area contributed by atoms with E-state index in [0.717, 1.165) is 6.42 Å². The summed E-state index contributed by atoms with van der Waals surface area (Å²) >= 11 is 0. The lowest BCUT2D eigenvalue weighted by molar-refractivity contribution is -0.137. The van der Waals surface area contributed by atoms with Crippen LogP contribution < -0.4 is 0 Å². The second kappa shape index (κ2) is 7.89. The van der Waals surface area contributed by atoms with E-state index in [-0.39, 0.29) is 18.6 Å². The number of rotatable bonds is 7. The predicted octanol–water partition coefficient (Wildman–Crippen LogP) is 0.870. The lowest BCUT2D eigenvalue weighted by atomic mass is 10.2. The van der Waals surface area contributed by atoms with E-state index >= 15 is 0 Å². The lowest BCUT2D eigenvalue weighted by Gasteiger charge is -2.31. The Morgan fingerprint density at radius 1 is 1.41 bits per heavy atom. The predicted molar refractivity (Wildman–Crippen MR) is 64.0 cm³/mol. The summed E-state index contributed by atoms with van der Waals surface area (Å²) in [5.41, 5.74) is 0. The molecule has 0 aromatic rings. The zero-order chi connectivity index (χ0) is 13.4. The molecule has 1 unspecified atom stereocenters. The Balaban J connectivity index is 4.55. The van der Waals surface area contributed by atoms with Crippen LogP contribution in [-0.4, -0.2) is 66.8 Å². The lowest BCUT2D eigenvalue weighted by Crippen LogP contribution is -2.48. The van der Waals surface area contributed by atoms with Crippen molar-refractivity contribution in [2.75, 3.05) is 33.9 Å². The Kier molecular flexibility index (Phi) is 7.29. The van der Waals surface area contributed by atoms with Crippen molar-refractivity contribution in [3.8, 4) is 0 Å². The number of hydrogen-bond donors (Lipinski definition) is 1. The van der Waals surface area contributed by atoms with Crippen molar-refractivity contribution in [1.29, 1.82) is 0 Å². The first-order valence-electron chi connectivity index (χ1n) is 5.66. The molecule has 0 saturated heterocycles. The third kappa shape index (κ3) is 5.53. The summed E-state index contributed by atoms with van der Waals surface area (Å²) in [5.74, 6) is -1.02. The van der Waals surface area contributed by atoms with Crippen molar-refractivity contribution in [3.63, 3.8) is 0 Å². The van der Waals surface area contributed by atoms with Gasteiger partial charge in [0.15, 0.2) is 0 Å². The van der Waals surface area contributed by atoms with Gasteiger partial charge in [0.1, 0.15) is 6.54 Å². The SMILES string of the molecule is CCC(C)N(CCOC)C(=O)N(C)CC(=O)O. The van der Waals surface area contributed by atoms with Gasteiger partial charge in [0.05, 0.1) is 6.61 Å². The molecule has 0 saturated carbocycles. The summed E-state index contributed by atoms with van der Waals surface area (Å²) in [6.07, 6.45) is 0.816. The van der Waals surface area contributed by atoms with Crippen LogP contribution in [0.15, 0.2) is 0 Å². The molecule has 100 valence electrons. The number of amides is 2. The molecule has 17 heavy (non-hydrogen) atoms. The minimum Gasteiger partial charge on any atom is -0.480 e. The zero-order valence-electron chi connectivity index (χ0n) is 11.0. The molecular formula is C11H22N2O4. The number of carbonyl (C=O) groups is 2. The molecule has 0 aliphatic heterocycles. The Morgan fingerprint density at radius 2 is 2.00 bits per heavy atom. The molecule has 2 amide bonds. The van der Waals surface area contributed by atoms with Crippen LogP contribution in [0.2, 0.25) is 0 Å². The second-order valence-corrected chi connectivity index (χ2v) is 3.98. The number of urea groups is 1. The normalized spacial score (nSPS) is 12.0. The van der Waals surface area contributed by atoms with Gasteiger partial charge in [-0.2, -0.15) is 0 Å². The van der Waals surface area contributed by atoms with Crippen LogP contribution in [0.1, 0.15) is 20.3 Å². The molecule has 0 radical (unpaired) electrons. The van der Waals surface area contributed by atoms with Gasteiger partial charge in [0.2, 0.25) is 0 Å². The maximum atomic E-state index is 12.0. The molecular weight excluding hydrogens is 224 g/mol. The average Bonchev–Trinajstić information content (AvgIpc) is 2.27. The molecule has 0 aromatic carbocycles. The topological polar surface area (TPSA) is 70.1 Å². The van der Waals surface area contributed by atoms with Gasteiger partial charge >= 0.3 is 12.0 Å². The van der Waals surface area contributed by atoms with Crippen molar-refractivity contribution in [2.24, 2.45) is 0 Å². The zero-order valence-corrected chi connectivity index (χ0v) is 11.0. The first kappa shape index (κ1) is 15.7. The van der Waals surface area contributed by atoms with Crippen LogP contribution in [0.3, 0.4) is 0 Å². The maximum Gasteiger partial charge on any atom is 0.323 e. The van der Waals surface area contributed by atoms with Crippen LogP contribution in [0.25, 0.3) is 0 Å². The van der Waals surface area contributed by atoms with Gasteiger partial charge in [0.25, 0.3) is 0 Å². The summed E-state index contributed by atoms with van der Waals surface area (Å²) in [6, 6.07) is -0.215. The average molecular weight is 246 g/mol. The van der Waals surface area contributed by atoms with Crippen LogP contribution in [-0.2, 0) is 9.53 Å². The van der Waals surface area contributed by atoms with Crippen molar-refractivity contribution in [2.45, 2.75) is 26.3 Å². The highest BCUT2D eigenvalue weighted by atomic mass is 16.5. The molecule has 1 N–H and O–H groups in total. The Morgan fingerprint density at radius 3 is 2.41 bits per heavy atom. The van der Waals surface area contributed by atoms with Crippen LogP contribution >= 0.6 is 0 Å². The van der Waals surface area contributed by atoms with Gasteiger partial charge in [0, 0.05) is 26.7 Å². The summed E-state index contributed by atoms with van der Waals surface area (Å²) in [5, 5.41) is 8.65. The number of carboxylic acid groups (broad SMARTS) is 1. The van der Waals surface area contributed by atoms with Crippen LogP contribution in [0, 0.1) is 0 Å². The monoisotopic (exact) mass is 246 g/mol. The minimum atomic E-state index is -1.02. The molecule has 6 heteroatoms. The minimum absolute atomic E-state index is 0.0638. The second-order valence-electron chi connectivity index (χ2n) is 3.98. The number of ether oxygens (including phenoxy) is 1. The number of methoxy groups -OCH3 is 1. The highest BCUT2D eigenvalue weighted by molar-refractivity contribution is 5.80. The van der Waals surface area contributed by atoms with E-state index in [2.05, 4.69) is 0 Å². The Hall–Kier alpha value is -1.30. The molecule has 0 spiro atoms. The van der Waals surface area contributed by atoms with Crippen LogP contribution in [0.5, 0.6) is 0 Å². The number of likely N-dealkylation sites (N-methyl/N-ethyl adjacent to an activating group) is 1. The van der Waals surface area contributed by atoms with Gasteiger partial charge in [-0.1, -0.05) is 6.92 Å². The quantitative estimate of drug-likeness (QED) is 0.723. The van der Waals surface area contributed by atoms with E-state index in [1.165, 1.54) is 11.9 Å². The molecule has 0 aliphatic rings. The van der Waals surface area contributed by atoms with Crippen molar-refractivity contribution in [3.05, 3.63) is 0 Å². The molecule has 0 rings (SSSR count). The van der Waals surface area contributed by atoms with E-state index in [9.17, 15) is 9.59 Å². The third-order valence-electron chi connectivity index (χ3n) is 2.60. The molecule has 0 bridgehead atoms. The van der Waals surface area contributed by atoms with Crippen LogP contribution in [0.4, 0.5) is 4.79 Å². The number of hydrogen-bond acceptors (Lipinski definition) is 3. The molecule has 0 aromatic heterocycles. The van der Waals surface area contributed by atoms with E-state index < -0.39 is 5.97 Å². The van der Waals surface area contributed by atoms with E-state index in [4.69, 9.17) is 9.84 Å². The van der Waals surface area contributed by atoms with E-state index in [1.54, 1.807) is 12.0 Å². The van der Waals surface area contributed by atoms with Crippen molar-refractivity contribution < 1.29 is 19.4 Å². The summed E-state index contributed by atoms with van der Waals surface area (Å²) in [6.45, 7) is 4.53. The van der Waals surface area contributed by atoms with Crippen molar-refractivity contribution >= 4 is 12.0 Å². The summed E-state index contributed by atoms with van der Waals surface area (Å²) < 4.78 is 4.95. The summed E-state index contributed by atoms with van der Waals surface area (Å²) in [7, 11) is 3.05. The number of aliphatic carboxylic acids is 1. The van der Waals surface area contributed by atoms with Gasteiger partial charge in [-0.25, -0.2) is 4.79 Å². The van der Waals surface area contributed by atoms with Gasteiger partial charge in [-0.3, -0.25) is 4.79 Å². The van der Waals surface area contributed by atoms with Gasteiger partial charge in [-0.05, 0) is 13.3 Å². The molecule has 1 atom stereocenters. The number of nitrogens with zero attached hydrogens (tertiary/aromatic N) is 2. The van der Waals surface area contributed by atoms with Crippen molar-refractivity contribution in [1.82, 2.24) is 9.80 Å². The third-order valence-corrected chi connectivity index (χ3v) is 2.60. The first-order valence-corrected chi connectivity index (χ1v) is 5.66.